The Hall–Kier alpha value is -0.830. The third kappa shape index (κ3) is 1.93. The molecule has 1 heterocycles. The average molecular weight is 268 g/mol. The highest BCUT2D eigenvalue weighted by Crippen LogP contribution is 2.29. The van der Waals surface area contributed by atoms with E-state index >= 15 is 0 Å². The number of aryl methyl sites for hydroxylation is 2. The zero-order valence-corrected chi connectivity index (χ0v) is 10.6. The summed E-state index contributed by atoms with van der Waals surface area (Å²) in [5.41, 5.74) is 3.41. The minimum Gasteiger partial charge on any atom is -0.312 e. The SMILES string of the molecule is Cc1cc(N2CCCC2=O)cc(C)c1Br. The van der Waals surface area contributed by atoms with Gasteiger partial charge in [-0.2, -0.15) is 0 Å². The van der Waals surface area contributed by atoms with Gasteiger partial charge in [0.25, 0.3) is 0 Å². The molecule has 1 aliphatic heterocycles. The summed E-state index contributed by atoms with van der Waals surface area (Å²) >= 11 is 3.53. The predicted molar refractivity (Wildman–Crippen MR) is 65.2 cm³/mol. The van der Waals surface area contributed by atoms with E-state index in [1.165, 1.54) is 11.1 Å². The van der Waals surface area contributed by atoms with E-state index in [4.69, 9.17) is 0 Å². The molecule has 2 nitrogen and oxygen atoms in total. The molecule has 1 amide bonds. The largest absolute Gasteiger partial charge is 0.312 e. The second-order valence-corrected chi connectivity index (χ2v) is 4.84. The van der Waals surface area contributed by atoms with Gasteiger partial charge in [0.05, 0.1) is 0 Å². The first-order chi connectivity index (χ1) is 7.09. The summed E-state index contributed by atoms with van der Waals surface area (Å²) in [5, 5.41) is 0. The van der Waals surface area contributed by atoms with E-state index in [0.29, 0.717) is 6.42 Å². The first-order valence-corrected chi connectivity index (χ1v) is 5.96. The summed E-state index contributed by atoms with van der Waals surface area (Å²) in [6, 6.07) is 4.14. The third-order valence-electron chi connectivity index (χ3n) is 2.81. The molecule has 1 fully saturated rings. The zero-order chi connectivity index (χ0) is 11.0. The van der Waals surface area contributed by atoms with E-state index in [2.05, 4.69) is 41.9 Å². The molecule has 0 atom stereocenters. The lowest BCUT2D eigenvalue weighted by Crippen LogP contribution is -2.23. The van der Waals surface area contributed by atoms with Crippen molar-refractivity contribution >= 4 is 27.5 Å². The zero-order valence-electron chi connectivity index (χ0n) is 9.01. The smallest absolute Gasteiger partial charge is 0.227 e. The summed E-state index contributed by atoms with van der Waals surface area (Å²) in [6.07, 6.45) is 1.67. The van der Waals surface area contributed by atoms with E-state index in [0.717, 1.165) is 23.1 Å². The van der Waals surface area contributed by atoms with Crippen molar-refractivity contribution in [2.24, 2.45) is 0 Å². The Labute approximate surface area is 98.4 Å². The molecule has 0 aliphatic carbocycles. The van der Waals surface area contributed by atoms with Gasteiger partial charge in [-0.15, -0.1) is 0 Å². The summed E-state index contributed by atoms with van der Waals surface area (Å²) in [6.45, 7) is 4.97. The van der Waals surface area contributed by atoms with E-state index in [9.17, 15) is 4.79 Å². The molecule has 80 valence electrons. The van der Waals surface area contributed by atoms with E-state index in [-0.39, 0.29) is 5.91 Å². The van der Waals surface area contributed by atoms with Crippen LogP contribution in [0.4, 0.5) is 5.69 Å². The predicted octanol–water partition coefficient (Wildman–Crippen LogP) is 3.19. The fourth-order valence-electron chi connectivity index (χ4n) is 2.00. The van der Waals surface area contributed by atoms with Crippen LogP contribution >= 0.6 is 15.9 Å². The van der Waals surface area contributed by atoms with Gasteiger partial charge in [-0.05, 0) is 43.5 Å². The average Bonchev–Trinajstić information content (AvgIpc) is 2.60. The fourth-order valence-corrected chi connectivity index (χ4v) is 2.23. The number of benzene rings is 1. The van der Waals surface area contributed by atoms with Crippen LogP contribution in [0.25, 0.3) is 0 Å². The molecule has 1 aliphatic rings. The molecule has 0 unspecified atom stereocenters. The van der Waals surface area contributed by atoms with Crippen molar-refractivity contribution in [3.8, 4) is 0 Å². The molecule has 0 saturated carbocycles. The van der Waals surface area contributed by atoms with Crippen molar-refractivity contribution < 1.29 is 4.79 Å². The Morgan fingerprint density at radius 1 is 1.27 bits per heavy atom. The van der Waals surface area contributed by atoms with Crippen LogP contribution in [0, 0.1) is 13.8 Å². The van der Waals surface area contributed by atoms with Gasteiger partial charge < -0.3 is 4.90 Å². The highest BCUT2D eigenvalue weighted by molar-refractivity contribution is 9.10. The molecule has 0 N–H and O–H groups in total. The molecule has 15 heavy (non-hydrogen) atoms. The van der Waals surface area contributed by atoms with Crippen LogP contribution in [0.2, 0.25) is 0 Å². The third-order valence-corrected chi connectivity index (χ3v) is 4.06. The molecule has 1 aromatic rings. The van der Waals surface area contributed by atoms with Gasteiger partial charge in [-0.1, -0.05) is 15.9 Å². The van der Waals surface area contributed by atoms with Crippen LogP contribution in [0.3, 0.4) is 0 Å². The molecule has 0 aromatic heterocycles. The van der Waals surface area contributed by atoms with Gasteiger partial charge in [-0.3, -0.25) is 4.79 Å². The van der Waals surface area contributed by atoms with Crippen molar-refractivity contribution in [1.82, 2.24) is 0 Å². The molecule has 2 rings (SSSR count). The van der Waals surface area contributed by atoms with Crippen molar-refractivity contribution in [3.63, 3.8) is 0 Å². The highest BCUT2D eigenvalue weighted by atomic mass is 79.9. The monoisotopic (exact) mass is 267 g/mol. The quantitative estimate of drug-likeness (QED) is 0.766. The number of nitrogens with zero attached hydrogens (tertiary/aromatic N) is 1. The number of carbonyl (C=O) groups is 1. The van der Waals surface area contributed by atoms with Crippen LogP contribution in [0.1, 0.15) is 24.0 Å². The van der Waals surface area contributed by atoms with Gasteiger partial charge in [-0.25, -0.2) is 0 Å². The van der Waals surface area contributed by atoms with Crippen molar-refractivity contribution in [1.29, 1.82) is 0 Å². The molecule has 0 radical (unpaired) electrons. The molecular weight excluding hydrogens is 254 g/mol. The minimum absolute atomic E-state index is 0.246. The van der Waals surface area contributed by atoms with Gasteiger partial charge in [0, 0.05) is 23.1 Å². The second kappa shape index (κ2) is 3.97. The Bertz CT molecular complexity index is 391. The summed E-state index contributed by atoms with van der Waals surface area (Å²) in [4.78, 5) is 13.5. The molecule has 3 heteroatoms. The molecule has 0 spiro atoms. The normalized spacial score (nSPS) is 16.2. The lowest BCUT2D eigenvalue weighted by atomic mass is 10.1. The van der Waals surface area contributed by atoms with Crippen LogP contribution in [0.5, 0.6) is 0 Å². The van der Waals surface area contributed by atoms with Crippen LogP contribution in [-0.2, 0) is 4.79 Å². The van der Waals surface area contributed by atoms with Gasteiger partial charge in [0.15, 0.2) is 0 Å². The maximum absolute atomic E-state index is 11.6. The van der Waals surface area contributed by atoms with Gasteiger partial charge >= 0.3 is 0 Å². The molecule has 1 saturated heterocycles. The number of anilines is 1. The topological polar surface area (TPSA) is 20.3 Å². The fraction of sp³-hybridized carbons (Fsp3) is 0.417. The van der Waals surface area contributed by atoms with Crippen molar-refractivity contribution in [2.45, 2.75) is 26.7 Å². The number of carbonyl (C=O) groups excluding carboxylic acids is 1. The van der Waals surface area contributed by atoms with Crippen LogP contribution < -0.4 is 4.90 Å². The minimum atomic E-state index is 0.246. The number of halogens is 1. The van der Waals surface area contributed by atoms with Crippen molar-refractivity contribution in [2.75, 3.05) is 11.4 Å². The first-order valence-electron chi connectivity index (χ1n) is 5.16. The molecule has 0 bridgehead atoms. The summed E-state index contributed by atoms with van der Waals surface area (Å²) < 4.78 is 1.14. The van der Waals surface area contributed by atoms with E-state index in [1.54, 1.807) is 0 Å². The Morgan fingerprint density at radius 3 is 2.33 bits per heavy atom. The Morgan fingerprint density at radius 2 is 1.87 bits per heavy atom. The number of amides is 1. The lowest BCUT2D eigenvalue weighted by molar-refractivity contribution is -0.117. The maximum Gasteiger partial charge on any atom is 0.227 e. The highest BCUT2D eigenvalue weighted by Gasteiger charge is 2.22. The first kappa shape index (κ1) is 10.7. The molecular formula is C12H14BrNO. The lowest BCUT2D eigenvalue weighted by Gasteiger charge is -2.18. The number of hydrogen-bond donors (Lipinski definition) is 0. The summed E-state index contributed by atoms with van der Waals surface area (Å²) in [7, 11) is 0. The van der Waals surface area contributed by atoms with E-state index in [1.807, 2.05) is 4.90 Å². The second-order valence-electron chi connectivity index (χ2n) is 4.04. The number of hydrogen-bond acceptors (Lipinski definition) is 1. The van der Waals surface area contributed by atoms with Gasteiger partial charge in [0.1, 0.15) is 0 Å². The molecule has 1 aromatic carbocycles. The van der Waals surface area contributed by atoms with E-state index < -0.39 is 0 Å². The maximum atomic E-state index is 11.6. The van der Waals surface area contributed by atoms with Crippen LogP contribution in [0.15, 0.2) is 16.6 Å². The Balaban J connectivity index is 2.41. The standard InChI is InChI=1S/C12H14BrNO/c1-8-6-10(7-9(2)12(8)13)14-5-3-4-11(14)15/h6-7H,3-5H2,1-2H3. The Kier molecular flexibility index (Phi) is 2.83. The van der Waals surface area contributed by atoms with Crippen molar-refractivity contribution in [3.05, 3.63) is 27.7 Å². The number of rotatable bonds is 1. The van der Waals surface area contributed by atoms with Crippen LogP contribution in [-0.4, -0.2) is 12.5 Å². The van der Waals surface area contributed by atoms with Gasteiger partial charge in [0.2, 0.25) is 5.91 Å². The summed E-state index contributed by atoms with van der Waals surface area (Å²) in [5.74, 6) is 0.246.